The van der Waals surface area contributed by atoms with Crippen LogP contribution in [0, 0.1) is 12.8 Å². The third-order valence-electron chi connectivity index (χ3n) is 4.13. The van der Waals surface area contributed by atoms with E-state index in [1.54, 1.807) is 38.1 Å². The number of benzene rings is 2. The zero-order valence-electron chi connectivity index (χ0n) is 17.0. The third kappa shape index (κ3) is 6.19. The summed E-state index contributed by atoms with van der Waals surface area (Å²) in [5, 5.41) is 22.7. The fourth-order valence-corrected chi connectivity index (χ4v) is 3.29. The standard InChI is InChI=1S/C21H27NO6S/c1-12(2)11-28-21(26)22-16-7-5-6-15-18(16)17(10-13(3)19(15)23)27-8-9-29-14(4)20(24)25/h5-7,10,12,14,23H,8-9,11H2,1-4H3,(H,22,26)(H,24,25). The molecular formula is C21H27NO6S. The Kier molecular flexibility index (Phi) is 8.01. The molecule has 1 amide bonds. The number of hydrogen-bond acceptors (Lipinski definition) is 6. The van der Waals surface area contributed by atoms with E-state index in [0.29, 0.717) is 40.1 Å². The van der Waals surface area contributed by atoms with Gasteiger partial charge in [-0.2, -0.15) is 0 Å². The van der Waals surface area contributed by atoms with E-state index in [1.807, 2.05) is 13.8 Å². The van der Waals surface area contributed by atoms with E-state index in [9.17, 15) is 14.7 Å². The predicted octanol–water partition coefficient (Wildman–Crippen LogP) is 4.64. The molecule has 2 aromatic carbocycles. The van der Waals surface area contributed by atoms with Crippen molar-refractivity contribution in [3.8, 4) is 11.5 Å². The predicted molar refractivity (Wildman–Crippen MR) is 115 cm³/mol. The zero-order chi connectivity index (χ0) is 21.6. The lowest BCUT2D eigenvalue weighted by Crippen LogP contribution is -2.17. The van der Waals surface area contributed by atoms with Gasteiger partial charge in [0.25, 0.3) is 0 Å². The van der Waals surface area contributed by atoms with Crippen LogP contribution in [0.3, 0.4) is 0 Å². The van der Waals surface area contributed by atoms with Gasteiger partial charge in [0.2, 0.25) is 0 Å². The van der Waals surface area contributed by atoms with Crippen LogP contribution in [0.2, 0.25) is 0 Å². The summed E-state index contributed by atoms with van der Waals surface area (Å²) in [5.41, 5.74) is 1.10. The highest BCUT2D eigenvalue weighted by Crippen LogP contribution is 2.40. The number of nitrogens with one attached hydrogen (secondary N) is 1. The molecular weight excluding hydrogens is 394 g/mol. The molecule has 0 fully saturated rings. The highest BCUT2D eigenvalue weighted by atomic mass is 32.2. The normalized spacial score (nSPS) is 12.0. The number of carboxylic acids is 1. The summed E-state index contributed by atoms with van der Waals surface area (Å²) in [7, 11) is 0. The molecule has 0 spiro atoms. The lowest BCUT2D eigenvalue weighted by atomic mass is 10.0. The number of thioether (sulfide) groups is 1. The van der Waals surface area contributed by atoms with E-state index in [1.165, 1.54) is 11.8 Å². The van der Waals surface area contributed by atoms with Crippen molar-refractivity contribution < 1.29 is 29.3 Å². The van der Waals surface area contributed by atoms with Crippen molar-refractivity contribution in [2.45, 2.75) is 32.9 Å². The summed E-state index contributed by atoms with van der Waals surface area (Å²) in [5.74, 6) is 0.442. The quantitative estimate of drug-likeness (QED) is 0.506. The first-order valence-electron chi connectivity index (χ1n) is 9.37. The monoisotopic (exact) mass is 421 g/mol. The number of ether oxygens (including phenoxy) is 2. The van der Waals surface area contributed by atoms with Crippen molar-refractivity contribution in [3.05, 3.63) is 29.8 Å². The number of hydrogen-bond donors (Lipinski definition) is 3. The minimum atomic E-state index is -0.868. The minimum Gasteiger partial charge on any atom is -0.507 e. The van der Waals surface area contributed by atoms with Gasteiger partial charge in [0, 0.05) is 11.1 Å². The minimum absolute atomic E-state index is 0.112. The number of phenolic OH excluding ortho intramolecular Hbond substituents is 1. The van der Waals surface area contributed by atoms with Crippen LogP contribution in [0.25, 0.3) is 10.8 Å². The number of phenols is 1. The van der Waals surface area contributed by atoms with E-state index in [2.05, 4.69) is 5.32 Å². The topological polar surface area (TPSA) is 105 Å². The first-order valence-corrected chi connectivity index (χ1v) is 10.4. The van der Waals surface area contributed by atoms with Gasteiger partial charge < -0.3 is 19.7 Å². The molecule has 158 valence electrons. The van der Waals surface area contributed by atoms with Crippen molar-refractivity contribution in [2.75, 3.05) is 24.3 Å². The van der Waals surface area contributed by atoms with Gasteiger partial charge in [-0.3, -0.25) is 10.1 Å². The molecule has 0 saturated heterocycles. The summed E-state index contributed by atoms with van der Waals surface area (Å²) in [6, 6.07) is 6.89. The van der Waals surface area contributed by atoms with Gasteiger partial charge in [-0.15, -0.1) is 11.8 Å². The maximum atomic E-state index is 12.1. The van der Waals surface area contributed by atoms with Crippen LogP contribution < -0.4 is 10.1 Å². The van der Waals surface area contributed by atoms with Gasteiger partial charge >= 0.3 is 12.1 Å². The summed E-state index contributed by atoms with van der Waals surface area (Å²) in [6.45, 7) is 7.86. The van der Waals surface area contributed by atoms with Crippen molar-refractivity contribution >= 4 is 40.3 Å². The lowest BCUT2D eigenvalue weighted by molar-refractivity contribution is -0.136. The number of aromatic hydroxyl groups is 1. The Balaban J connectivity index is 2.25. The molecule has 2 aromatic rings. The summed E-state index contributed by atoms with van der Waals surface area (Å²) in [4.78, 5) is 23.0. The third-order valence-corrected chi connectivity index (χ3v) is 5.23. The molecule has 8 heteroatoms. The highest BCUT2D eigenvalue weighted by molar-refractivity contribution is 8.00. The molecule has 0 bridgehead atoms. The smallest absolute Gasteiger partial charge is 0.411 e. The van der Waals surface area contributed by atoms with Crippen LogP contribution in [0.4, 0.5) is 10.5 Å². The van der Waals surface area contributed by atoms with E-state index in [-0.39, 0.29) is 18.3 Å². The molecule has 0 aliphatic rings. The zero-order valence-corrected chi connectivity index (χ0v) is 17.8. The van der Waals surface area contributed by atoms with Gasteiger partial charge in [-0.05, 0) is 37.5 Å². The van der Waals surface area contributed by atoms with E-state index in [4.69, 9.17) is 14.6 Å². The molecule has 0 aliphatic carbocycles. The summed E-state index contributed by atoms with van der Waals surface area (Å²) >= 11 is 1.28. The van der Waals surface area contributed by atoms with Crippen molar-refractivity contribution in [1.29, 1.82) is 0 Å². The Labute approximate surface area is 174 Å². The van der Waals surface area contributed by atoms with Gasteiger partial charge in [-0.25, -0.2) is 4.79 Å². The molecule has 29 heavy (non-hydrogen) atoms. The number of rotatable bonds is 9. The van der Waals surface area contributed by atoms with Crippen LogP contribution >= 0.6 is 11.8 Å². The SMILES string of the molecule is Cc1cc(OCCSC(C)C(=O)O)c2c(NC(=O)OCC(C)C)cccc2c1O. The van der Waals surface area contributed by atoms with Gasteiger partial charge in [0.05, 0.1) is 29.5 Å². The molecule has 2 rings (SSSR count). The fourth-order valence-electron chi connectivity index (χ4n) is 2.62. The molecule has 3 N–H and O–H groups in total. The van der Waals surface area contributed by atoms with Crippen LogP contribution in [-0.4, -0.2) is 46.5 Å². The van der Waals surface area contributed by atoms with Crippen molar-refractivity contribution in [1.82, 2.24) is 0 Å². The number of fused-ring (bicyclic) bond motifs is 1. The van der Waals surface area contributed by atoms with E-state index < -0.39 is 17.3 Å². The van der Waals surface area contributed by atoms with E-state index in [0.717, 1.165) is 0 Å². The average Bonchev–Trinajstić information content (AvgIpc) is 2.66. The molecule has 1 atom stereocenters. The Bertz CT molecular complexity index is 883. The van der Waals surface area contributed by atoms with Gasteiger partial charge in [0.15, 0.2) is 0 Å². The van der Waals surface area contributed by atoms with E-state index >= 15 is 0 Å². The number of amides is 1. The second-order valence-corrected chi connectivity index (χ2v) is 8.53. The molecule has 0 heterocycles. The molecule has 7 nitrogen and oxygen atoms in total. The van der Waals surface area contributed by atoms with Crippen LogP contribution in [0.15, 0.2) is 24.3 Å². The second kappa shape index (κ2) is 10.2. The molecule has 0 saturated carbocycles. The molecule has 0 aromatic heterocycles. The molecule has 0 radical (unpaired) electrons. The lowest BCUT2D eigenvalue weighted by Gasteiger charge is -2.16. The summed E-state index contributed by atoms with van der Waals surface area (Å²) < 4.78 is 11.1. The fraction of sp³-hybridized carbons (Fsp3) is 0.429. The number of aryl methyl sites for hydroxylation is 1. The number of carboxylic acid groups (broad SMARTS) is 1. The average molecular weight is 422 g/mol. The highest BCUT2D eigenvalue weighted by Gasteiger charge is 2.16. The van der Waals surface area contributed by atoms with Crippen LogP contribution in [0.1, 0.15) is 26.3 Å². The maximum Gasteiger partial charge on any atom is 0.411 e. The Morgan fingerprint density at radius 1 is 1.24 bits per heavy atom. The first kappa shape index (κ1) is 22.7. The van der Waals surface area contributed by atoms with Crippen molar-refractivity contribution in [3.63, 3.8) is 0 Å². The maximum absolute atomic E-state index is 12.1. The largest absolute Gasteiger partial charge is 0.507 e. The Morgan fingerprint density at radius 2 is 1.97 bits per heavy atom. The second-order valence-electron chi connectivity index (χ2n) is 7.09. The van der Waals surface area contributed by atoms with Gasteiger partial charge in [0.1, 0.15) is 11.5 Å². The van der Waals surface area contributed by atoms with Crippen molar-refractivity contribution in [2.24, 2.45) is 5.92 Å². The number of carbonyl (C=O) groups is 2. The molecule has 0 aliphatic heterocycles. The molecule has 1 unspecified atom stereocenters. The van der Waals surface area contributed by atoms with Crippen LogP contribution in [0.5, 0.6) is 11.5 Å². The first-order chi connectivity index (χ1) is 13.7. The number of anilines is 1. The Morgan fingerprint density at radius 3 is 2.62 bits per heavy atom. The summed E-state index contributed by atoms with van der Waals surface area (Å²) in [6.07, 6.45) is -0.581. The number of carbonyl (C=O) groups excluding carboxylic acids is 1. The van der Waals surface area contributed by atoms with Crippen LogP contribution in [-0.2, 0) is 9.53 Å². The number of aliphatic carboxylic acids is 1. The van der Waals surface area contributed by atoms with Gasteiger partial charge in [-0.1, -0.05) is 26.0 Å². The Hall–Kier alpha value is -2.61.